The van der Waals surface area contributed by atoms with Crippen molar-refractivity contribution in [2.24, 2.45) is 4.99 Å². The van der Waals surface area contributed by atoms with Crippen molar-refractivity contribution in [1.29, 1.82) is 5.26 Å². The Morgan fingerprint density at radius 3 is 2.50 bits per heavy atom. The van der Waals surface area contributed by atoms with Gasteiger partial charge in [0.2, 0.25) is 0 Å². The molecule has 0 saturated carbocycles. The number of rotatable bonds is 10. The molecule has 30 heavy (non-hydrogen) atoms. The van der Waals surface area contributed by atoms with Crippen molar-refractivity contribution in [2.45, 2.75) is 33.7 Å². The molecule has 0 saturated heterocycles. The van der Waals surface area contributed by atoms with Gasteiger partial charge in [-0.25, -0.2) is 9.38 Å². The quantitative estimate of drug-likeness (QED) is 0.459. The molecule has 2 N–H and O–H groups in total. The molecule has 0 aliphatic rings. The summed E-state index contributed by atoms with van der Waals surface area (Å²) in [6, 6.07) is 12.2. The summed E-state index contributed by atoms with van der Waals surface area (Å²) in [4.78, 5) is 4.44. The van der Waals surface area contributed by atoms with E-state index in [-0.39, 0.29) is 12.4 Å². The van der Waals surface area contributed by atoms with Crippen molar-refractivity contribution in [1.82, 2.24) is 10.6 Å². The number of ether oxygens (including phenoxy) is 2. The van der Waals surface area contributed by atoms with Crippen molar-refractivity contribution in [3.63, 3.8) is 0 Å². The van der Waals surface area contributed by atoms with Gasteiger partial charge in [-0.2, -0.15) is 5.26 Å². The van der Waals surface area contributed by atoms with E-state index in [0.29, 0.717) is 43.4 Å². The normalized spacial score (nSPS) is 11.0. The van der Waals surface area contributed by atoms with Crippen LogP contribution in [0.25, 0.3) is 0 Å². The molecule has 2 aromatic carbocycles. The van der Waals surface area contributed by atoms with Crippen molar-refractivity contribution in [3.8, 4) is 17.6 Å². The van der Waals surface area contributed by atoms with E-state index in [1.807, 2.05) is 45.0 Å². The third-order valence-electron chi connectivity index (χ3n) is 4.24. The lowest BCUT2D eigenvalue weighted by molar-refractivity contribution is 0.287. The van der Waals surface area contributed by atoms with Gasteiger partial charge in [-0.3, -0.25) is 0 Å². The summed E-state index contributed by atoms with van der Waals surface area (Å²) >= 11 is 0. The third kappa shape index (κ3) is 6.96. The number of nitrogens with zero attached hydrogens (tertiary/aromatic N) is 2. The summed E-state index contributed by atoms with van der Waals surface area (Å²) in [6.07, 6.45) is 0.759. The van der Waals surface area contributed by atoms with E-state index in [9.17, 15) is 4.39 Å². The van der Waals surface area contributed by atoms with Gasteiger partial charge in [-0.15, -0.1) is 0 Å². The van der Waals surface area contributed by atoms with Crippen LogP contribution >= 0.6 is 0 Å². The fourth-order valence-electron chi connectivity index (χ4n) is 2.85. The van der Waals surface area contributed by atoms with E-state index in [0.717, 1.165) is 23.5 Å². The lowest BCUT2D eigenvalue weighted by Crippen LogP contribution is -2.38. The molecule has 0 radical (unpaired) electrons. The van der Waals surface area contributed by atoms with Gasteiger partial charge < -0.3 is 20.1 Å². The zero-order valence-electron chi connectivity index (χ0n) is 17.8. The van der Waals surface area contributed by atoms with Crippen LogP contribution in [0.4, 0.5) is 4.39 Å². The summed E-state index contributed by atoms with van der Waals surface area (Å²) in [5.74, 6) is 1.71. The molecule has 0 atom stereocenters. The van der Waals surface area contributed by atoms with Crippen LogP contribution < -0.4 is 20.1 Å². The highest BCUT2D eigenvalue weighted by atomic mass is 19.1. The minimum absolute atomic E-state index is 0.147. The highest BCUT2D eigenvalue weighted by Gasteiger charge is 2.07. The largest absolute Gasteiger partial charge is 0.490 e. The van der Waals surface area contributed by atoms with Crippen molar-refractivity contribution in [2.75, 3.05) is 26.3 Å². The first kappa shape index (κ1) is 23.0. The van der Waals surface area contributed by atoms with Gasteiger partial charge in [0.05, 0.1) is 31.4 Å². The van der Waals surface area contributed by atoms with Gasteiger partial charge in [-0.05, 0) is 63.1 Å². The highest BCUT2D eigenvalue weighted by molar-refractivity contribution is 5.79. The Bertz CT molecular complexity index is 893. The van der Waals surface area contributed by atoms with Crippen LogP contribution in [-0.2, 0) is 13.0 Å². The zero-order valence-corrected chi connectivity index (χ0v) is 17.8. The van der Waals surface area contributed by atoms with Crippen LogP contribution in [0.15, 0.2) is 41.4 Å². The Kier molecular flexibility index (Phi) is 9.46. The Morgan fingerprint density at radius 1 is 1.03 bits per heavy atom. The maximum absolute atomic E-state index is 14.0. The first-order valence-corrected chi connectivity index (χ1v) is 10.2. The molecular formula is C23H29FN4O2. The average Bonchev–Trinajstić information content (AvgIpc) is 2.75. The molecule has 2 rings (SSSR count). The molecule has 0 bridgehead atoms. The molecule has 0 spiro atoms. The second kappa shape index (κ2) is 12.3. The highest BCUT2D eigenvalue weighted by Crippen LogP contribution is 2.28. The molecular weight excluding hydrogens is 383 g/mol. The smallest absolute Gasteiger partial charge is 0.191 e. The van der Waals surface area contributed by atoms with Gasteiger partial charge >= 0.3 is 0 Å². The summed E-state index contributed by atoms with van der Waals surface area (Å²) in [5.41, 5.74) is 1.91. The van der Waals surface area contributed by atoms with Crippen LogP contribution in [0.3, 0.4) is 0 Å². The van der Waals surface area contributed by atoms with E-state index >= 15 is 0 Å². The number of hydrogen-bond acceptors (Lipinski definition) is 4. The molecule has 0 amide bonds. The number of halogens is 1. The summed E-state index contributed by atoms with van der Waals surface area (Å²) < 4.78 is 25.2. The molecule has 0 aliphatic carbocycles. The number of benzene rings is 2. The Labute approximate surface area is 177 Å². The monoisotopic (exact) mass is 412 g/mol. The van der Waals surface area contributed by atoms with Gasteiger partial charge in [0.15, 0.2) is 17.5 Å². The van der Waals surface area contributed by atoms with Gasteiger partial charge in [0.1, 0.15) is 5.82 Å². The second-order valence-corrected chi connectivity index (χ2v) is 6.44. The summed E-state index contributed by atoms with van der Waals surface area (Å²) in [6.45, 7) is 8.49. The minimum Gasteiger partial charge on any atom is -0.490 e. The summed E-state index contributed by atoms with van der Waals surface area (Å²) in [5, 5.41) is 15.4. The first-order valence-electron chi connectivity index (χ1n) is 10.2. The van der Waals surface area contributed by atoms with Crippen LogP contribution in [0.5, 0.6) is 11.5 Å². The van der Waals surface area contributed by atoms with Crippen molar-refractivity contribution in [3.05, 3.63) is 58.9 Å². The standard InChI is InChI=1S/C23H29FN4O2/c1-4-26-23(28-16-19-13-18(15-25)7-9-20(19)24)27-12-11-17-8-10-21(29-5-2)22(14-17)30-6-3/h7-10,13-14H,4-6,11-12,16H2,1-3H3,(H2,26,27,28). The van der Waals surface area contributed by atoms with Crippen LogP contribution in [0, 0.1) is 17.1 Å². The van der Waals surface area contributed by atoms with E-state index in [4.69, 9.17) is 14.7 Å². The maximum Gasteiger partial charge on any atom is 0.191 e. The third-order valence-corrected chi connectivity index (χ3v) is 4.24. The molecule has 0 unspecified atom stereocenters. The molecule has 6 nitrogen and oxygen atoms in total. The lowest BCUT2D eigenvalue weighted by Gasteiger charge is -2.14. The predicted molar refractivity (Wildman–Crippen MR) is 116 cm³/mol. The SMILES string of the molecule is CCNC(=NCc1cc(C#N)ccc1F)NCCc1ccc(OCC)c(OCC)c1. The maximum atomic E-state index is 14.0. The number of aliphatic imine (C=N–C) groups is 1. The van der Waals surface area contributed by atoms with Crippen molar-refractivity contribution < 1.29 is 13.9 Å². The lowest BCUT2D eigenvalue weighted by atomic mass is 10.1. The number of hydrogen-bond donors (Lipinski definition) is 2. The topological polar surface area (TPSA) is 78.7 Å². The van der Waals surface area contributed by atoms with E-state index in [1.165, 1.54) is 18.2 Å². The van der Waals surface area contributed by atoms with Crippen LogP contribution in [-0.4, -0.2) is 32.3 Å². The van der Waals surface area contributed by atoms with Gasteiger partial charge in [-0.1, -0.05) is 6.07 Å². The average molecular weight is 413 g/mol. The molecule has 7 heteroatoms. The fourth-order valence-corrected chi connectivity index (χ4v) is 2.85. The molecule has 160 valence electrons. The van der Waals surface area contributed by atoms with E-state index in [2.05, 4.69) is 15.6 Å². The van der Waals surface area contributed by atoms with Gasteiger partial charge in [0.25, 0.3) is 0 Å². The molecule has 0 aliphatic heterocycles. The zero-order chi connectivity index (χ0) is 21.8. The number of nitrogens with one attached hydrogen (secondary N) is 2. The Balaban J connectivity index is 2.00. The van der Waals surface area contributed by atoms with Crippen LogP contribution in [0.2, 0.25) is 0 Å². The number of guanidine groups is 1. The molecule has 0 aromatic heterocycles. The number of nitriles is 1. The molecule has 2 aromatic rings. The summed E-state index contributed by atoms with van der Waals surface area (Å²) in [7, 11) is 0. The van der Waals surface area contributed by atoms with E-state index < -0.39 is 0 Å². The Morgan fingerprint density at radius 2 is 1.80 bits per heavy atom. The Hall–Kier alpha value is -3.27. The predicted octanol–water partition coefficient (Wildman–Crippen LogP) is 3.79. The van der Waals surface area contributed by atoms with Gasteiger partial charge in [0, 0.05) is 18.7 Å². The second-order valence-electron chi connectivity index (χ2n) is 6.44. The van der Waals surface area contributed by atoms with E-state index in [1.54, 1.807) is 0 Å². The first-order chi connectivity index (χ1) is 14.6. The fraction of sp³-hybridized carbons (Fsp3) is 0.391. The minimum atomic E-state index is -0.369. The molecule has 0 fully saturated rings. The van der Waals surface area contributed by atoms with Crippen molar-refractivity contribution >= 4 is 5.96 Å². The molecule has 0 heterocycles. The van der Waals surface area contributed by atoms with Crippen LogP contribution in [0.1, 0.15) is 37.5 Å².